The Kier molecular flexibility index (Phi) is 4.07. The molecule has 1 aromatic carbocycles. The zero-order valence-electron chi connectivity index (χ0n) is 11.9. The van der Waals surface area contributed by atoms with E-state index in [1.54, 1.807) is 0 Å². The summed E-state index contributed by atoms with van der Waals surface area (Å²) in [6.07, 6.45) is 0. The van der Waals surface area contributed by atoms with E-state index in [9.17, 15) is 14.3 Å². The highest BCUT2D eigenvalue weighted by Gasteiger charge is 2.42. The number of aliphatic carboxylic acids is 1. The lowest BCUT2D eigenvalue weighted by Gasteiger charge is -2.31. The van der Waals surface area contributed by atoms with Gasteiger partial charge in [0.25, 0.3) is 0 Å². The first-order valence-electron chi connectivity index (χ1n) is 6.63. The molecule has 1 N–H and O–H groups in total. The van der Waals surface area contributed by atoms with E-state index in [4.69, 9.17) is 11.6 Å². The summed E-state index contributed by atoms with van der Waals surface area (Å²) in [5.74, 6) is -2.09. The van der Waals surface area contributed by atoms with Gasteiger partial charge in [-0.15, -0.1) is 0 Å². The first kappa shape index (κ1) is 15.3. The summed E-state index contributed by atoms with van der Waals surface area (Å²) in [7, 11) is 0. The van der Waals surface area contributed by atoms with Crippen molar-refractivity contribution in [1.29, 1.82) is 0 Å². The zero-order valence-corrected chi connectivity index (χ0v) is 12.6. The Balaban J connectivity index is 2.38. The van der Waals surface area contributed by atoms with Crippen molar-refractivity contribution in [2.75, 3.05) is 13.1 Å². The summed E-state index contributed by atoms with van der Waals surface area (Å²) < 4.78 is 13.4. The van der Waals surface area contributed by atoms with E-state index < -0.39 is 11.9 Å². The molecule has 1 aliphatic rings. The fourth-order valence-electron chi connectivity index (χ4n) is 2.72. The minimum absolute atomic E-state index is 0.123. The second-order valence-electron chi connectivity index (χ2n) is 6.29. The molecule has 2 rings (SSSR count). The molecule has 1 heterocycles. The van der Waals surface area contributed by atoms with Crippen molar-refractivity contribution in [3.63, 3.8) is 0 Å². The SMILES string of the molecule is CC(C)(C)N1C[C@H](C(=O)O)[C@@H](c2cc(F)ccc2Cl)C1. The molecule has 0 unspecified atom stereocenters. The molecule has 0 aliphatic carbocycles. The molecule has 20 heavy (non-hydrogen) atoms. The van der Waals surface area contributed by atoms with Gasteiger partial charge in [-0.3, -0.25) is 9.69 Å². The molecule has 0 saturated carbocycles. The second kappa shape index (κ2) is 5.34. The van der Waals surface area contributed by atoms with Crippen LogP contribution in [0.25, 0.3) is 0 Å². The summed E-state index contributed by atoms with van der Waals surface area (Å²) >= 11 is 6.13. The molecule has 1 aromatic rings. The largest absolute Gasteiger partial charge is 0.481 e. The third-order valence-electron chi connectivity index (χ3n) is 3.94. The average Bonchev–Trinajstić information content (AvgIpc) is 2.77. The highest BCUT2D eigenvalue weighted by Crippen LogP contribution is 2.39. The first-order chi connectivity index (χ1) is 9.20. The summed E-state index contributed by atoms with van der Waals surface area (Å²) in [4.78, 5) is 13.6. The van der Waals surface area contributed by atoms with Crippen molar-refractivity contribution in [3.8, 4) is 0 Å². The van der Waals surface area contributed by atoms with E-state index >= 15 is 0 Å². The van der Waals surface area contributed by atoms with Crippen LogP contribution in [0.15, 0.2) is 18.2 Å². The summed E-state index contributed by atoms with van der Waals surface area (Å²) in [6, 6.07) is 4.14. The predicted octanol–water partition coefficient (Wildman–Crippen LogP) is 3.38. The van der Waals surface area contributed by atoms with E-state index in [-0.39, 0.29) is 17.3 Å². The van der Waals surface area contributed by atoms with Gasteiger partial charge >= 0.3 is 5.97 Å². The van der Waals surface area contributed by atoms with Crippen molar-refractivity contribution in [2.45, 2.75) is 32.2 Å². The molecular formula is C15H19ClFNO2. The minimum Gasteiger partial charge on any atom is -0.481 e. The second-order valence-corrected chi connectivity index (χ2v) is 6.70. The van der Waals surface area contributed by atoms with Crippen LogP contribution in [0.5, 0.6) is 0 Å². The van der Waals surface area contributed by atoms with Gasteiger partial charge in [-0.05, 0) is 44.5 Å². The van der Waals surface area contributed by atoms with Crippen molar-refractivity contribution in [1.82, 2.24) is 4.90 Å². The fourth-order valence-corrected chi connectivity index (χ4v) is 2.97. The average molecular weight is 300 g/mol. The standard InChI is InChI=1S/C15H19ClFNO2/c1-15(2,3)18-7-11(12(8-18)14(19)20)10-6-9(17)4-5-13(10)16/h4-6,11-12H,7-8H2,1-3H3,(H,19,20)/t11-,12+/m1/s1. The van der Waals surface area contributed by atoms with E-state index in [1.807, 2.05) is 20.8 Å². The normalized spacial score (nSPS) is 24.1. The molecular weight excluding hydrogens is 281 g/mol. The molecule has 1 aliphatic heterocycles. The molecule has 0 aromatic heterocycles. The number of benzene rings is 1. The lowest BCUT2D eigenvalue weighted by atomic mass is 9.89. The first-order valence-corrected chi connectivity index (χ1v) is 7.00. The Morgan fingerprint density at radius 1 is 1.40 bits per heavy atom. The Bertz CT molecular complexity index is 527. The van der Waals surface area contributed by atoms with Crippen molar-refractivity contribution in [2.24, 2.45) is 5.92 Å². The molecule has 0 radical (unpaired) electrons. The van der Waals surface area contributed by atoms with E-state index in [1.165, 1.54) is 18.2 Å². The van der Waals surface area contributed by atoms with E-state index in [0.29, 0.717) is 23.7 Å². The topological polar surface area (TPSA) is 40.5 Å². The Morgan fingerprint density at radius 2 is 2.05 bits per heavy atom. The van der Waals surface area contributed by atoms with Gasteiger partial charge in [0.15, 0.2) is 0 Å². The fraction of sp³-hybridized carbons (Fsp3) is 0.533. The summed E-state index contributed by atoms with van der Waals surface area (Å²) in [5, 5.41) is 9.85. The highest BCUT2D eigenvalue weighted by atomic mass is 35.5. The maximum absolute atomic E-state index is 13.4. The van der Waals surface area contributed by atoms with E-state index in [0.717, 1.165) is 0 Å². The quantitative estimate of drug-likeness (QED) is 0.910. The smallest absolute Gasteiger partial charge is 0.308 e. The molecule has 0 bridgehead atoms. The maximum Gasteiger partial charge on any atom is 0.308 e. The maximum atomic E-state index is 13.4. The third kappa shape index (κ3) is 2.96. The van der Waals surface area contributed by atoms with Crippen molar-refractivity contribution < 1.29 is 14.3 Å². The van der Waals surface area contributed by atoms with E-state index in [2.05, 4.69) is 4.90 Å². The van der Waals surface area contributed by atoms with Crippen LogP contribution in [0.3, 0.4) is 0 Å². The van der Waals surface area contributed by atoms with Gasteiger partial charge in [-0.1, -0.05) is 11.6 Å². The molecule has 5 heteroatoms. The van der Waals surface area contributed by atoms with Crippen LogP contribution in [0.4, 0.5) is 4.39 Å². The monoisotopic (exact) mass is 299 g/mol. The molecule has 0 amide bonds. The van der Waals surface area contributed by atoms with Crippen LogP contribution in [-0.2, 0) is 4.79 Å². The Morgan fingerprint density at radius 3 is 2.60 bits per heavy atom. The van der Waals surface area contributed by atoms with Crippen molar-refractivity contribution >= 4 is 17.6 Å². The lowest BCUT2D eigenvalue weighted by Crippen LogP contribution is -2.40. The lowest BCUT2D eigenvalue weighted by molar-refractivity contribution is -0.141. The summed E-state index contributed by atoms with van der Waals surface area (Å²) in [5.41, 5.74) is 0.466. The highest BCUT2D eigenvalue weighted by molar-refractivity contribution is 6.31. The Labute approximate surface area is 123 Å². The van der Waals surface area contributed by atoms with Crippen LogP contribution >= 0.6 is 11.6 Å². The van der Waals surface area contributed by atoms with Crippen LogP contribution in [0.1, 0.15) is 32.3 Å². The number of carboxylic acids is 1. The summed E-state index contributed by atoms with van der Waals surface area (Å²) in [6.45, 7) is 7.16. The predicted molar refractivity (Wildman–Crippen MR) is 76.6 cm³/mol. The molecule has 0 spiro atoms. The number of hydrogen-bond donors (Lipinski definition) is 1. The van der Waals surface area contributed by atoms with Gasteiger partial charge in [0.1, 0.15) is 5.82 Å². The number of rotatable bonds is 2. The van der Waals surface area contributed by atoms with Gasteiger partial charge < -0.3 is 5.11 Å². The molecule has 2 atom stereocenters. The third-order valence-corrected chi connectivity index (χ3v) is 4.29. The molecule has 3 nitrogen and oxygen atoms in total. The zero-order chi connectivity index (χ0) is 15.1. The Hall–Kier alpha value is -1.13. The minimum atomic E-state index is -0.859. The number of likely N-dealkylation sites (tertiary alicyclic amines) is 1. The number of hydrogen-bond acceptors (Lipinski definition) is 2. The molecule has 1 fully saturated rings. The van der Waals surface area contributed by atoms with Crippen LogP contribution in [0.2, 0.25) is 5.02 Å². The van der Waals surface area contributed by atoms with Crippen LogP contribution < -0.4 is 0 Å². The number of carboxylic acid groups (broad SMARTS) is 1. The number of nitrogens with zero attached hydrogens (tertiary/aromatic N) is 1. The van der Waals surface area contributed by atoms with Crippen molar-refractivity contribution in [3.05, 3.63) is 34.6 Å². The molecule has 110 valence electrons. The van der Waals surface area contributed by atoms with Gasteiger partial charge in [0.05, 0.1) is 5.92 Å². The van der Waals surface area contributed by atoms with Gasteiger partial charge in [0, 0.05) is 29.6 Å². The van der Waals surface area contributed by atoms with Gasteiger partial charge in [-0.25, -0.2) is 4.39 Å². The number of carbonyl (C=O) groups is 1. The number of halogens is 2. The van der Waals surface area contributed by atoms with Gasteiger partial charge in [0.2, 0.25) is 0 Å². The molecule has 1 saturated heterocycles. The van der Waals surface area contributed by atoms with Crippen LogP contribution in [-0.4, -0.2) is 34.6 Å². The van der Waals surface area contributed by atoms with Gasteiger partial charge in [-0.2, -0.15) is 0 Å². The van der Waals surface area contributed by atoms with Crippen LogP contribution in [0, 0.1) is 11.7 Å².